The van der Waals surface area contributed by atoms with Crippen molar-refractivity contribution in [1.29, 1.82) is 0 Å². The number of nitrogens with one attached hydrogen (secondary N) is 1. The monoisotopic (exact) mass is 567 g/mol. The molecule has 1 aliphatic heterocycles. The molecule has 0 aliphatic carbocycles. The van der Waals surface area contributed by atoms with Crippen LogP contribution in [-0.2, 0) is 22.0 Å². The summed E-state index contributed by atoms with van der Waals surface area (Å²) in [5.74, 6) is 2.01. The van der Waals surface area contributed by atoms with Gasteiger partial charge in [0.15, 0.2) is 6.35 Å². The minimum atomic E-state index is -4.19. The number of aliphatic hydroxyl groups excluding tert-OH is 1. The van der Waals surface area contributed by atoms with Crippen molar-refractivity contribution in [3.63, 3.8) is 0 Å². The van der Waals surface area contributed by atoms with Crippen LogP contribution < -0.4 is 19.2 Å². The van der Waals surface area contributed by atoms with Crippen LogP contribution in [0, 0.1) is 0 Å². The van der Waals surface area contributed by atoms with Crippen molar-refractivity contribution in [3.05, 3.63) is 53.6 Å². The molecule has 0 aromatic heterocycles. The van der Waals surface area contributed by atoms with Crippen LogP contribution in [0.4, 0.5) is 0 Å². The Kier molecular flexibility index (Phi) is 12.1. The van der Waals surface area contributed by atoms with Gasteiger partial charge in [0.25, 0.3) is 0 Å². The molecular formula is C27H42NO8PSi. The minimum Gasteiger partial charge on any atom is -0.520 e. The summed E-state index contributed by atoms with van der Waals surface area (Å²) in [5.41, 5.74) is 2.03. The van der Waals surface area contributed by atoms with Crippen molar-refractivity contribution in [2.24, 2.45) is 0 Å². The zero-order chi connectivity index (χ0) is 27.4. The molecule has 0 spiro atoms. The molecule has 4 N–H and O–H groups in total. The van der Waals surface area contributed by atoms with E-state index in [0.29, 0.717) is 31.2 Å². The lowest BCUT2D eigenvalue weighted by molar-refractivity contribution is 0.106. The number of aliphatic hydroxyl groups is 1. The Balaban J connectivity index is 1.38. The van der Waals surface area contributed by atoms with Gasteiger partial charge in [0.05, 0.1) is 6.61 Å². The van der Waals surface area contributed by atoms with Gasteiger partial charge < -0.3 is 38.5 Å². The largest absolute Gasteiger partial charge is 0.520 e. The highest BCUT2D eigenvalue weighted by Crippen LogP contribution is 2.37. The quantitative estimate of drug-likeness (QED) is 0.122. The highest BCUT2D eigenvalue weighted by molar-refractivity contribution is 7.51. The van der Waals surface area contributed by atoms with Crippen LogP contribution in [0.25, 0.3) is 0 Å². The first-order valence-electron chi connectivity index (χ1n) is 13.5. The van der Waals surface area contributed by atoms with E-state index in [4.69, 9.17) is 28.1 Å². The maximum absolute atomic E-state index is 10.9. The number of ether oxygens (including phenoxy) is 2. The van der Waals surface area contributed by atoms with Crippen LogP contribution >= 0.6 is 7.60 Å². The van der Waals surface area contributed by atoms with E-state index in [2.05, 4.69) is 19.2 Å². The molecule has 0 bridgehead atoms. The van der Waals surface area contributed by atoms with Gasteiger partial charge in [-0.2, -0.15) is 0 Å². The summed E-state index contributed by atoms with van der Waals surface area (Å²) in [5, 5.41) is 13.6. The second-order valence-electron chi connectivity index (χ2n) is 9.78. The van der Waals surface area contributed by atoms with Crippen LogP contribution in [-0.4, -0.2) is 55.6 Å². The van der Waals surface area contributed by atoms with E-state index in [0.717, 1.165) is 61.1 Å². The van der Waals surface area contributed by atoms with Crippen molar-refractivity contribution < 1.29 is 37.8 Å². The minimum absolute atomic E-state index is 0.171. The van der Waals surface area contributed by atoms with Crippen LogP contribution in [0.5, 0.6) is 17.2 Å². The number of unbranched alkanes of at least 4 members (excludes halogenated alkanes) is 2. The van der Waals surface area contributed by atoms with E-state index in [1.165, 1.54) is 0 Å². The number of rotatable bonds is 17. The summed E-state index contributed by atoms with van der Waals surface area (Å²) in [6, 6.07) is 14.9. The Morgan fingerprint density at radius 2 is 1.71 bits per heavy atom. The van der Waals surface area contributed by atoms with Gasteiger partial charge in [0.2, 0.25) is 0 Å². The maximum Gasteiger partial charge on any atom is 0.399 e. The van der Waals surface area contributed by atoms with Gasteiger partial charge in [-0.1, -0.05) is 51.7 Å². The molecule has 38 heavy (non-hydrogen) atoms. The van der Waals surface area contributed by atoms with Gasteiger partial charge in [0, 0.05) is 24.2 Å². The highest BCUT2D eigenvalue weighted by atomic mass is 31.2. The van der Waals surface area contributed by atoms with Crippen LogP contribution in [0.3, 0.4) is 0 Å². The molecule has 3 rings (SSSR count). The topological polar surface area (TPSA) is 127 Å². The molecule has 0 amide bonds. The highest BCUT2D eigenvalue weighted by Gasteiger charge is 2.41. The van der Waals surface area contributed by atoms with Gasteiger partial charge >= 0.3 is 16.2 Å². The summed E-state index contributed by atoms with van der Waals surface area (Å²) >= 11 is 0. The van der Waals surface area contributed by atoms with E-state index in [1.807, 2.05) is 30.3 Å². The van der Waals surface area contributed by atoms with Crippen molar-refractivity contribution >= 4 is 16.2 Å². The molecule has 0 saturated carbocycles. The number of hydrogen-bond acceptors (Lipinski definition) is 7. The van der Waals surface area contributed by atoms with Gasteiger partial charge in [0.1, 0.15) is 30.0 Å². The van der Waals surface area contributed by atoms with Crippen molar-refractivity contribution in [1.82, 2.24) is 5.32 Å². The number of fused-ring (bicyclic) bond motifs is 1. The predicted octanol–water partition coefficient (Wildman–Crippen LogP) is 4.72. The van der Waals surface area contributed by atoms with E-state index >= 15 is 0 Å². The van der Waals surface area contributed by atoms with Crippen LogP contribution in [0.2, 0.25) is 12.1 Å². The molecule has 0 radical (unpaired) electrons. The van der Waals surface area contributed by atoms with E-state index in [-0.39, 0.29) is 6.61 Å². The summed E-state index contributed by atoms with van der Waals surface area (Å²) in [7, 11) is -6.40. The Morgan fingerprint density at radius 1 is 1.03 bits per heavy atom. The molecular weight excluding hydrogens is 525 g/mol. The molecule has 2 aromatic rings. The van der Waals surface area contributed by atoms with Crippen LogP contribution in [0.15, 0.2) is 42.5 Å². The van der Waals surface area contributed by atoms with Gasteiger partial charge in [-0.3, -0.25) is 4.57 Å². The lowest BCUT2D eigenvalue weighted by Gasteiger charge is -2.36. The Morgan fingerprint density at radius 3 is 2.37 bits per heavy atom. The molecule has 1 heterocycles. The Labute approximate surface area is 226 Å². The molecule has 1 atom stereocenters. The van der Waals surface area contributed by atoms with E-state index < -0.39 is 28.6 Å². The molecule has 1 aliphatic rings. The second kappa shape index (κ2) is 15.0. The summed E-state index contributed by atoms with van der Waals surface area (Å²) < 4.78 is 34.7. The van der Waals surface area contributed by atoms with E-state index in [1.54, 1.807) is 12.1 Å². The molecule has 11 heteroatoms. The van der Waals surface area contributed by atoms with Gasteiger partial charge in [-0.05, 0) is 48.9 Å². The SMILES string of the molecule is CCCC[Si]1(CCCC)OCc2cc(OC[C@@H](O)CNCCc3ccc(OCP(=O)(O)O)cc3)ccc2O1. The molecule has 0 fully saturated rings. The predicted molar refractivity (Wildman–Crippen MR) is 149 cm³/mol. The first-order valence-corrected chi connectivity index (χ1v) is 17.5. The normalized spacial score (nSPS) is 15.4. The summed E-state index contributed by atoms with van der Waals surface area (Å²) in [6.07, 6.45) is 3.96. The van der Waals surface area contributed by atoms with Gasteiger partial charge in [-0.25, -0.2) is 0 Å². The average molecular weight is 568 g/mol. The first-order chi connectivity index (χ1) is 18.2. The zero-order valence-corrected chi connectivity index (χ0v) is 24.3. The lowest BCUT2D eigenvalue weighted by Crippen LogP contribution is -2.47. The fourth-order valence-electron chi connectivity index (χ4n) is 4.22. The molecule has 2 aromatic carbocycles. The fourth-order valence-corrected chi connectivity index (χ4v) is 8.15. The molecule has 212 valence electrons. The fraction of sp³-hybridized carbons (Fsp3) is 0.556. The molecule has 0 unspecified atom stereocenters. The van der Waals surface area contributed by atoms with Crippen molar-refractivity contribution in [2.75, 3.05) is 26.0 Å². The summed E-state index contributed by atoms with van der Waals surface area (Å²) in [6.45, 7) is 6.17. The van der Waals surface area contributed by atoms with Gasteiger partial charge in [-0.15, -0.1) is 0 Å². The second-order valence-corrected chi connectivity index (χ2v) is 14.7. The number of benzene rings is 2. The third-order valence-electron chi connectivity index (χ3n) is 6.38. The molecule has 0 saturated heterocycles. The average Bonchev–Trinajstić information content (AvgIpc) is 2.91. The third-order valence-corrected chi connectivity index (χ3v) is 10.3. The Hall–Kier alpha value is -1.91. The maximum atomic E-state index is 10.9. The third kappa shape index (κ3) is 10.3. The zero-order valence-electron chi connectivity index (χ0n) is 22.4. The lowest BCUT2D eigenvalue weighted by atomic mass is 10.1. The number of hydrogen-bond donors (Lipinski definition) is 4. The summed E-state index contributed by atoms with van der Waals surface area (Å²) in [4.78, 5) is 17.8. The van der Waals surface area contributed by atoms with E-state index in [9.17, 15) is 9.67 Å². The standard InChI is InChI=1S/C27H42NO8PSi/c1-3-5-15-38(16-6-4-2)35-19-23-17-26(11-12-27(23)36-38)33-20-24(29)18-28-14-13-22-7-9-25(10-8-22)34-21-37(30,31)32/h7-12,17,24,28-29H,3-6,13-16,18-21H2,1-2H3,(H2,30,31,32)/t24-/m0/s1. The van der Waals surface area contributed by atoms with Crippen molar-refractivity contribution in [3.8, 4) is 17.2 Å². The van der Waals surface area contributed by atoms with Crippen LogP contribution in [0.1, 0.15) is 50.7 Å². The first kappa shape index (κ1) is 30.6. The van der Waals surface area contributed by atoms with Crippen molar-refractivity contribution in [2.45, 2.75) is 70.8 Å². The Bertz CT molecular complexity index is 1020. The smallest absolute Gasteiger partial charge is 0.399 e. The molecule has 9 nitrogen and oxygen atoms in total.